The molecular weight excluding hydrogens is 338 g/mol. The first-order valence-electron chi connectivity index (χ1n) is 7.75. The van der Waals surface area contributed by atoms with Crippen molar-refractivity contribution in [2.24, 2.45) is 0 Å². The Labute approximate surface area is 149 Å². The van der Waals surface area contributed by atoms with Crippen molar-refractivity contribution in [3.63, 3.8) is 0 Å². The molecule has 0 radical (unpaired) electrons. The summed E-state index contributed by atoms with van der Waals surface area (Å²) in [5.74, 6) is 0.241. The predicted octanol–water partition coefficient (Wildman–Crippen LogP) is 2.39. The van der Waals surface area contributed by atoms with Gasteiger partial charge in [-0.25, -0.2) is 0 Å². The van der Waals surface area contributed by atoms with Gasteiger partial charge < -0.3 is 10.2 Å². The maximum atomic E-state index is 12.7. The third kappa shape index (κ3) is 2.99. The van der Waals surface area contributed by atoms with Crippen molar-refractivity contribution >= 4 is 23.3 Å². The van der Waals surface area contributed by atoms with Crippen molar-refractivity contribution in [2.45, 2.75) is 6.17 Å². The molecule has 1 atom stereocenters. The zero-order valence-electron chi connectivity index (χ0n) is 13.1. The molecule has 0 bridgehead atoms. The number of aromatic amines is 1. The molecule has 0 saturated carbocycles. The van der Waals surface area contributed by atoms with Gasteiger partial charge in [0.15, 0.2) is 0 Å². The van der Waals surface area contributed by atoms with E-state index >= 15 is 0 Å². The van der Waals surface area contributed by atoms with Crippen LogP contribution in [0.15, 0.2) is 78.7 Å². The van der Waals surface area contributed by atoms with Crippen molar-refractivity contribution in [1.29, 1.82) is 0 Å². The highest BCUT2D eigenvalue weighted by Gasteiger charge is 2.34. The smallest absolute Gasteiger partial charge is 0.286 e. The minimum absolute atomic E-state index is 0.175. The van der Waals surface area contributed by atoms with E-state index in [2.05, 4.69) is 20.6 Å². The van der Waals surface area contributed by atoms with Gasteiger partial charge in [0.05, 0.1) is 11.9 Å². The number of H-pyrrole nitrogens is 1. The maximum Gasteiger partial charge on any atom is 0.286 e. The Hall–Kier alpha value is -3.12. The zero-order valence-corrected chi connectivity index (χ0v) is 13.9. The molecule has 2 aliphatic rings. The summed E-state index contributed by atoms with van der Waals surface area (Å²) in [5.41, 5.74) is 2.31. The molecule has 25 heavy (non-hydrogen) atoms. The fraction of sp³-hybridized carbons (Fsp3) is 0.0556. The topological polar surface area (TPSA) is 71.4 Å². The van der Waals surface area contributed by atoms with Gasteiger partial charge in [-0.15, -0.1) is 0 Å². The van der Waals surface area contributed by atoms with Crippen LogP contribution in [0.3, 0.4) is 0 Å². The van der Waals surface area contributed by atoms with Gasteiger partial charge >= 0.3 is 0 Å². The summed E-state index contributed by atoms with van der Waals surface area (Å²) in [6.07, 6.45) is 10.7. The fourth-order valence-corrected chi connectivity index (χ4v) is 2.94. The van der Waals surface area contributed by atoms with Gasteiger partial charge in [-0.2, -0.15) is 0 Å². The van der Waals surface area contributed by atoms with Gasteiger partial charge in [0, 0.05) is 17.3 Å². The third-order valence-electron chi connectivity index (χ3n) is 3.98. The first-order valence-corrected chi connectivity index (χ1v) is 8.13. The number of amides is 1. The molecule has 6 nitrogen and oxygen atoms in total. The first kappa shape index (κ1) is 15.4. The molecule has 1 aromatic carbocycles. The largest absolute Gasteiger partial charge is 0.355 e. The number of anilines is 1. The van der Waals surface area contributed by atoms with E-state index < -0.39 is 0 Å². The molecule has 1 unspecified atom stereocenters. The Balaban J connectivity index is 1.63. The van der Waals surface area contributed by atoms with E-state index in [0.29, 0.717) is 16.5 Å². The average molecular weight is 353 g/mol. The van der Waals surface area contributed by atoms with E-state index in [4.69, 9.17) is 11.6 Å². The van der Waals surface area contributed by atoms with Crippen LogP contribution in [-0.4, -0.2) is 15.8 Å². The molecule has 1 amide bonds. The van der Waals surface area contributed by atoms with E-state index in [1.54, 1.807) is 12.3 Å². The van der Waals surface area contributed by atoms with E-state index in [-0.39, 0.29) is 12.1 Å². The molecule has 3 N–H and O–H groups in total. The molecule has 1 aromatic heterocycles. The summed E-state index contributed by atoms with van der Waals surface area (Å²) in [6.45, 7) is 0. The highest BCUT2D eigenvalue weighted by Crippen LogP contribution is 2.34. The SMILES string of the molecule is O=C(Nc1cc[nH+]cn1)C1=C2C=CC=CN2C(c2ccc(Cl)cc2)N1. The van der Waals surface area contributed by atoms with Crippen LogP contribution in [0.1, 0.15) is 11.7 Å². The molecule has 4 rings (SSSR count). The number of aromatic nitrogens is 2. The Kier molecular flexibility index (Phi) is 3.95. The molecular formula is C18H15ClN5O+. The number of rotatable bonds is 3. The van der Waals surface area contributed by atoms with Crippen LogP contribution in [0.25, 0.3) is 0 Å². The molecule has 0 aliphatic carbocycles. The van der Waals surface area contributed by atoms with Crippen LogP contribution in [0.2, 0.25) is 5.02 Å². The standard InChI is InChI=1S/C18H14ClN5O/c19-13-6-4-12(5-7-13)17-23-16(14-3-1-2-10-24(14)17)18(25)22-15-8-9-20-11-21-15/h1-11,17,23H,(H,20,21,22,25)/p+1. The number of hydrogen-bond acceptors (Lipinski definition) is 4. The second-order valence-electron chi connectivity index (χ2n) is 5.56. The van der Waals surface area contributed by atoms with E-state index in [1.807, 2.05) is 53.6 Å². The van der Waals surface area contributed by atoms with Gasteiger partial charge in [-0.1, -0.05) is 29.8 Å². The molecule has 2 aromatic rings. The summed E-state index contributed by atoms with van der Waals surface area (Å²) >= 11 is 5.98. The lowest BCUT2D eigenvalue weighted by Crippen LogP contribution is -2.28. The Bertz CT molecular complexity index is 889. The van der Waals surface area contributed by atoms with Crippen molar-refractivity contribution in [2.75, 3.05) is 5.32 Å². The number of nitrogens with one attached hydrogen (secondary N) is 3. The minimum Gasteiger partial charge on any atom is -0.355 e. The maximum absolute atomic E-state index is 12.7. The van der Waals surface area contributed by atoms with E-state index in [0.717, 1.165) is 11.3 Å². The molecule has 7 heteroatoms. The highest BCUT2D eigenvalue weighted by atomic mass is 35.5. The van der Waals surface area contributed by atoms with Crippen molar-refractivity contribution in [3.05, 3.63) is 89.3 Å². The monoisotopic (exact) mass is 352 g/mol. The van der Waals surface area contributed by atoms with E-state index in [9.17, 15) is 4.79 Å². The lowest BCUT2D eigenvalue weighted by Gasteiger charge is -2.26. The quantitative estimate of drug-likeness (QED) is 0.889. The number of fused-ring (bicyclic) bond motifs is 1. The van der Waals surface area contributed by atoms with Crippen molar-refractivity contribution < 1.29 is 9.78 Å². The van der Waals surface area contributed by atoms with Crippen LogP contribution in [0, 0.1) is 0 Å². The second-order valence-corrected chi connectivity index (χ2v) is 6.00. The van der Waals surface area contributed by atoms with Crippen LogP contribution in [0.4, 0.5) is 5.82 Å². The summed E-state index contributed by atoms with van der Waals surface area (Å²) in [5, 5.41) is 6.78. The van der Waals surface area contributed by atoms with E-state index in [1.165, 1.54) is 6.33 Å². The minimum atomic E-state index is -0.241. The second kappa shape index (κ2) is 6.41. The Morgan fingerprint density at radius 3 is 2.84 bits per heavy atom. The third-order valence-corrected chi connectivity index (χ3v) is 4.23. The number of allylic oxidation sites excluding steroid dienone is 3. The lowest BCUT2D eigenvalue weighted by atomic mass is 10.1. The zero-order chi connectivity index (χ0) is 17.2. The summed E-state index contributed by atoms with van der Waals surface area (Å²) in [4.78, 5) is 21.6. The first-order chi connectivity index (χ1) is 12.2. The van der Waals surface area contributed by atoms with Gasteiger partial charge in [0.1, 0.15) is 11.9 Å². The summed E-state index contributed by atoms with van der Waals surface area (Å²) in [6, 6.07) is 9.26. The summed E-state index contributed by atoms with van der Waals surface area (Å²) in [7, 11) is 0. The molecule has 0 saturated heterocycles. The van der Waals surface area contributed by atoms with Crippen molar-refractivity contribution in [1.82, 2.24) is 15.2 Å². The summed E-state index contributed by atoms with van der Waals surface area (Å²) < 4.78 is 0. The van der Waals surface area contributed by atoms with Crippen LogP contribution < -0.4 is 15.6 Å². The number of carbonyl (C=O) groups is 1. The normalized spacial score (nSPS) is 18.1. The fourth-order valence-electron chi connectivity index (χ4n) is 2.82. The Morgan fingerprint density at radius 1 is 1.24 bits per heavy atom. The van der Waals surface area contributed by atoms with Gasteiger partial charge in [0.2, 0.25) is 0 Å². The average Bonchev–Trinajstić information content (AvgIpc) is 3.03. The van der Waals surface area contributed by atoms with Crippen LogP contribution in [0.5, 0.6) is 0 Å². The number of nitrogens with zero attached hydrogens (tertiary/aromatic N) is 2. The molecule has 0 spiro atoms. The van der Waals surface area contributed by atoms with Gasteiger partial charge in [0.25, 0.3) is 18.1 Å². The van der Waals surface area contributed by atoms with Crippen molar-refractivity contribution in [3.8, 4) is 0 Å². The predicted molar refractivity (Wildman–Crippen MR) is 93.9 cm³/mol. The molecule has 2 aliphatic heterocycles. The molecule has 124 valence electrons. The van der Waals surface area contributed by atoms with Crippen LogP contribution in [-0.2, 0) is 4.79 Å². The Morgan fingerprint density at radius 2 is 2.08 bits per heavy atom. The van der Waals surface area contributed by atoms with Gasteiger partial charge in [-0.3, -0.25) is 15.1 Å². The number of halogens is 1. The van der Waals surface area contributed by atoms with Gasteiger partial charge in [-0.05, 0) is 34.8 Å². The molecule has 3 heterocycles. The number of carbonyl (C=O) groups excluding carboxylic acids is 1. The number of hydrogen-bond donors (Lipinski definition) is 2. The highest BCUT2D eigenvalue weighted by molar-refractivity contribution is 6.30. The molecule has 0 fully saturated rings. The number of benzene rings is 1. The van der Waals surface area contributed by atoms with Crippen LogP contribution >= 0.6 is 11.6 Å². The lowest BCUT2D eigenvalue weighted by molar-refractivity contribution is -0.382.